The second-order valence-corrected chi connectivity index (χ2v) is 5.53. The fourth-order valence-electron chi connectivity index (χ4n) is 2.57. The third-order valence-electron chi connectivity index (χ3n) is 3.68. The molecule has 0 radical (unpaired) electrons. The fourth-order valence-corrected chi connectivity index (χ4v) is 2.57. The van der Waals surface area contributed by atoms with Gasteiger partial charge in [0.05, 0.1) is 5.52 Å². The predicted octanol–water partition coefficient (Wildman–Crippen LogP) is 1.77. The molecule has 0 saturated carbocycles. The quantitative estimate of drug-likeness (QED) is 0.723. The number of carbonyl (C=O) groups excluding carboxylic acids is 1. The minimum atomic E-state index is 0.00445. The number of aromatic nitrogens is 3. The topological polar surface area (TPSA) is 95.1 Å². The number of fused-ring (bicyclic) bond motifs is 1. The number of nitrogens with two attached hydrogens (primary N) is 1. The number of nitrogens with zero attached hydrogens (tertiary/aromatic N) is 3. The molecule has 1 amide bonds. The van der Waals surface area contributed by atoms with Gasteiger partial charge in [0.15, 0.2) is 5.82 Å². The van der Waals surface area contributed by atoms with Crippen molar-refractivity contribution in [2.45, 2.75) is 46.8 Å². The van der Waals surface area contributed by atoms with E-state index >= 15 is 0 Å². The summed E-state index contributed by atoms with van der Waals surface area (Å²) in [5.41, 5.74) is 8.78. The Hall–Kier alpha value is -2.15. The Bertz CT molecular complexity index is 681. The first kappa shape index (κ1) is 17.2. The second-order valence-electron chi connectivity index (χ2n) is 5.53. The van der Waals surface area contributed by atoms with Gasteiger partial charge in [0, 0.05) is 32.8 Å². The monoisotopic (exact) mass is 319 g/mol. The van der Waals surface area contributed by atoms with Crippen molar-refractivity contribution < 1.29 is 9.53 Å². The second kappa shape index (κ2) is 7.92. The standard InChI is InChI=1S/C16H25N5O2/c1-4-23-10-13-20-14-15(11(2)9-19-16(14)17)21(13)8-6-5-7-18-12(3)22/h9H,4-8,10H2,1-3H3,(H2,17,19)(H,18,22). The molecule has 0 aliphatic heterocycles. The average molecular weight is 319 g/mol. The summed E-state index contributed by atoms with van der Waals surface area (Å²) in [6.45, 7) is 8.08. The molecule has 0 aliphatic rings. The molecule has 0 aromatic carbocycles. The van der Waals surface area contributed by atoms with Crippen LogP contribution in [0.25, 0.3) is 11.0 Å². The van der Waals surface area contributed by atoms with Gasteiger partial charge < -0.3 is 20.4 Å². The molecule has 2 heterocycles. The SMILES string of the molecule is CCOCc1nc2c(N)ncc(C)c2n1CCCCNC(C)=O. The van der Waals surface area contributed by atoms with E-state index < -0.39 is 0 Å². The molecular formula is C16H25N5O2. The number of imidazole rings is 1. The molecular weight excluding hydrogens is 294 g/mol. The Kier molecular flexibility index (Phi) is 5.92. The van der Waals surface area contributed by atoms with E-state index in [1.807, 2.05) is 13.8 Å². The highest BCUT2D eigenvalue weighted by Gasteiger charge is 2.15. The number of nitrogens with one attached hydrogen (secondary N) is 1. The minimum absolute atomic E-state index is 0.00445. The summed E-state index contributed by atoms with van der Waals surface area (Å²) >= 11 is 0. The molecule has 0 bridgehead atoms. The number of rotatable bonds is 8. The maximum atomic E-state index is 10.9. The first-order valence-electron chi connectivity index (χ1n) is 7.97. The summed E-state index contributed by atoms with van der Waals surface area (Å²) in [6, 6.07) is 0. The van der Waals surface area contributed by atoms with Crippen LogP contribution < -0.4 is 11.1 Å². The van der Waals surface area contributed by atoms with E-state index in [-0.39, 0.29) is 5.91 Å². The minimum Gasteiger partial charge on any atom is -0.382 e. The number of hydrogen-bond donors (Lipinski definition) is 2. The number of aryl methyl sites for hydroxylation is 2. The van der Waals surface area contributed by atoms with Crippen molar-refractivity contribution >= 4 is 22.8 Å². The van der Waals surface area contributed by atoms with Crippen molar-refractivity contribution in [1.82, 2.24) is 19.9 Å². The number of hydrogen-bond acceptors (Lipinski definition) is 5. The van der Waals surface area contributed by atoms with Crippen LogP contribution >= 0.6 is 0 Å². The number of anilines is 1. The van der Waals surface area contributed by atoms with Crippen molar-refractivity contribution in [3.05, 3.63) is 17.6 Å². The lowest BCUT2D eigenvalue weighted by Gasteiger charge is -2.11. The van der Waals surface area contributed by atoms with Crippen LogP contribution in [0.4, 0.5) is 5.82 Å². The third kappa shape index (κ3) is 4.19. The molecule has 0 saturated heterocycles. The zero-order valence-electron chi connectivity index (χ0n) is 14.1. The van der Waals surface area contributed by atoms with Crippen LogP contribution in [0.1, 0.15) is 38.1 Å². The lowest BCUT2D eigenvalue weighted by molar-refractivity contribution is -0.118. The Morgan fingerprint density at radius 2 is 2.22 bits per heavy atom. The highest BCUT2D eigenvalue weighted by Crippen LogP contribution is 2.24. The van der Waals surface area contributed by atoms with E-state index in [1.54, 1.807) is 6.20 Å². The van der Waals surface area contributed by atoms with Gasteiger partial charge in [-0.05, 0) is 32.3 Å². The summed E-state index contributed by atoms with van der Waals surface area (Å²) in [6.07, 6.45) is 3.62. The summed E-state index contributed by atoms with van der Waals surface area (Å²) in [7, 11) is 0. The molecule has 2 aromatic heterocycles. The number of amides is 1. The van der Waals surface area contributed by atoms with Crippen LogP contribution in [-0.4, -0.2) is 33.6 Å². The summed E-state index contributed by atoms with van der Waals surface area (Å²) in [4.78, 5) is 19.7. The third-order valence-corrected chi connectivity index (χ3v) is 3.68. The van der Waals surface area contributed by atoms with Gasteiger partial charge in [-0.15, -0.1) is 0 Å². The number of ether oxygens (including phenoxy) is 1. The van der Waals surface area contributed by atoms with Gasteiger partial charge >= 0.3 is 0 Å². The number of carbonyl (C=O) groups is 1. The van der Waals surface area contributed by atoms with E-state index in [4.69, 9.17) is 10.5 Å². The van der Waals surface area contributed by atoms with Crippen molar-refractivity contribution in [3.63, 3.8) is 0 Å². The van der Waals surface area contributed by atoms with Gasteiger partial charge in [-0.3, -0.25) is 4.79 Å². The normalized spacial score (nSPS) is 11.1. The summed E-state index contributed by atoms with van der Waals surface area (Å²) in [5.74, 6) is 1.31. The summed E-state index contributed by atoms with van der Waals surface area (Å²) < 4.78 is 7.69. The van der Waals surface area contributed by atoms with Gasteiger partial charge in [0.2, 0.25) is 5.91 Å². The molecule has 3 N–H and O–H groups in total. The van der Waals surface area contributed by atoms with E-state index in [2.05, 4.69) is 19.9 Å². The largest absolute Gasteiger partial charge is 0.382 e. The van der Waals surface area contributed by atoms with Crippen molar-refractivity contribution in [1.29, 1.82) is 0 Å². The zero-order valence-corrected chi connectivity index (χ0v) is 14.1. The lowest BCUT2D eigenvalue weighted by Crippen LogP contribution is -2.21. The fraction of sp³-hybridized carbons (Fsp3) is 0.562. The highest BCUT2D eigenvalue weighted by molar-refractivity contribution is 5.87. The van der Waals surface area contributed by atoms with Gasteiger partial charge in [0.25, 0.3) is 0 Å². The van der Waals surface area contributed by atoms with Crippen LogP contribution in [0.3, 0.4) is 0 Å². The Labute approximate surface area is 136 Å². The molecule has 7 heteroatoms. The first-order chi connectivity index (χ1) is 11.0. The van der Waals surface area contributed by atoms with Crippen LogP contribution in [-0.2, 0) is 22.7 Å². The van der Waals surface area contributed by atoms with Crippen LogP contribution in [0.2, 0.25) is 0 Å². The van der Waals surface area contributed by atoms with E-state index in [1.165, 1.54) is 6.92 Å². The lowest BCUT2D eigenvalue weighted by atomic mass is 10.2. The van der Waals surface area contributed by atoms with Gasteiger partial charge in [0.1, 0.15) is 17.9 Å². The molecule has 0 spiro atoms. The predicted molar refractivity (Wildman–Crippen MR) is 89.9 cm³/mol. The first-order valence-corrected chi connectivity index (χ1v) is 7.97. The van der Waals surface area contributed by atoms with Crippen LogP contribution in [0.5, 0.6) is 0 Å². The molecule has 7 nitrogen and oxygen atoms in total. The van der Waals surface area contributed by atoms with Crippen molar-refractivity contribution in [2.75, 3.05) is 18.9 Å². The maximum Gasteiger partial charge on any atom is 0.216 e. The highest BCUT2D eigenvalue weighted by atomic mass is 16.5. The number of unbranched alkanes of at least 4 members (excludes halogenated alkanes) is 1. The maximum absolute atomic E-state index is 10.9. The smallest absolute Gasteiger partial charge is 0.216 e. The van der Waals surface area contributed by atoms with Crippen molar-refractivity contribution in [2.24, 2.45) is 0 Å². The Morgan fingerprint density at radius 1 is 1.43 bits per heavy atom. The molecule has 0 atom stereocenters. The van der Waals surface area contributed by atoms with Gasteiger partial charge in [-0.2, -0.15) is 0 Å². The molecule has 0 aliphatic carbocycles. The zero-order chi connectivity index (χ0) is 16.8. The Morgan fingerprint density at radius 3 is 2.91 bits per heavy atom. The van der Waals surface area contributed by atoms with Gasteiger partial charge in [-0.25, -0.2) is 9.97 Å². The summed E-state index contributed by atoms with van der Waals surface area (Å²) in [5, 5.41) is 2.81. The molecule has 0 fully saturated rings. The van der Waals surface area contributed by atoms with Crippen LogP contribution in [0.15, 0.2) is 6.20 Å². The molecule has 0 unspecified atom stereocenters. The Balaban J connectivity index is 2.20. The molecule has 2 rings (SSSR count). The van der Waals surface area contributed by atoms with E-state index in [9.17, 15) is 4.79 Å². The van der Waals surface area contributed by atoms with Gasteiger partial charge in [-0.1, -0.05) is 0 Å². The van der Waals surface area contributed by atoms with Crippen molar-refractivity contribution in [3.8, 4) is 0 Å². The van der Waals surface area contributed by atoms with E-state index in [0.717, 1.165) is 41.8 Å². The average Bonchev–Trinajstić information content (AvgIpc) is 2.88. The molecule has 126 valence electrons. The number of pyridine rings is 1. The number of nitrogen functional groups attached to an aromatic ring is 1. The van der Waals surface area contributed by atoms with Crippen LogP contribution in [0, 0.1) is 6.92 Å². The molecule has 23 heavy (non-hydrogen) atoms. The van der Waals surface area contributed by atoms with E-state index in [0.29, 0.717) is 25.6 Å². The molecule has 2 aromatic rings.